The number of Topliss-reactive ketones (excluding diaryl/α,β-unsaturated/α-hetero) is 1. The van der Waals surface area contributed by atoms with Crippen molar-refractivity contribution in [3.8, 4) is 0 Å². The van der Waals surface area contributed by atoms with Crippen LogP contribution in [0.3, 0.4) is 0 Å². The summed E-state index contributed by atoms with van der Waals surface area (Å²) in [7, 11) is 0. The summed E-state index contributed by atoms with van der Waals surface area (Å²) in [6, 6.07) is -3.05. The highest BCUT2D eigenvalue weighted by Crippen LogP contribution is 2.65. The van der Waals surface area contributed by atoms with E-state index in [-0.39, 0.29) is 41.8 Å². The van der Waals surface area contributed by atoms with Crippen molar-refractivity contribution in [1.82, 2.24) is 15.5 Å². The number of piperidine rings is 1. The molecule has 40 heavy (non-hydrogen) atoms. The van der Waals surface area contributed by atoms with Gasteiger partial charge in [0.25, 0.3) is 5.91 Å². The van der Waals surface area contributed by atoms with Crippen LogP contribution in [0.15, 0.2) is 12.2 Å². The predicted octanol–water partition coefficient (Wildman–Crippen LogP) is 2.02. The van der Waals surface area contributed by atoms with E-state index in [9.17, 15) is 28.8 Å². The molecule has 3 rings (SSSR count). The number of nitrogens with one attached hydrogen (secondary N) is 2. The lowest BCUT2D eigenvalue weighted by Gasteiger charge is -2.34. The van der Waals surface area contributed by atoms with Gasteiger partial charge in [-0.1, -0.05) is 39.2 Å². The Kier molecular flexibility index (Phi) is 9.46. The van der Waals surface area contributed by atoms with Gasteiger partial charge in [-0.3, -0.25) is 24.0 Å². The highest BCUT2D eigenvalue weighted by Gasteiger charge is 2.69. The maximum absolute atomic E-state index is 13.9. The summed E-state index contributed by atoms with van der Waals surface area (Å²) in [5.41, 5.74) is 4.27. The number of fused-ring (bicyclic) bond motifs is 1. The number of nitrogens with zero attached hydrogens (tertiary/aromatic N) is 1. The number of primary amides is 1. The number of carbonyl (C=O) groups is 6. The van der Waals surface area contributed by atoms with Gasteiger partial charge >= 0.3 is 6.09 Å². The van der Waals surface area contributed by atoms with Gasteiger partial charge in [-0.25, -0.2) is 4.79 Å². The van der Waals surface area contributed by atoms with E-state index in [1.54, 1.807) is 33.8 Å². The largest absolute Gasteiger partial charge is 0.444 e. The van der Waals surface area contributed by atoms with Crippen molar-refractivity contribution in [2.45, 2.75) is 104 Å². The zero-order chi connectivity index (χ0) is 30.0. The molecule has 1 heterocycles. The molecule has 1 aliphatic heterocycles. The minimum Gasteiger partial charge on any atom is -0.444 e. The lowest BCUT2D eigenvalue weighted by Crippen LogP contribution is -2.58. The Bertz CT molecular complexity index is 1070. The number of likely N-dealkylation sites (tertiary alicyclic amines) is 1. The molecule has 4 N–H and O–H groups in total. The third-order valence-electron chi connectivity index (χ3n) is 8.45. The summed E-state index contributed by atoms with van der Waals surface area (Å²) in [5.74, 6) is -3.07. The average Bonchev–Trinajstić information content (AvgIpc) is 3.14. The van der Waals surface area contributed by atoms with Crippen molar-refractivity contribution >= 4 is 35.4 Å². The van der Waals surface area contributed by atoms with Gasteiger partial charge in [0, 0.05) is 13.0 Å². The average molecular weight is 561 g/mol. The number of rotatable bonds is 12. The van der Waals surface area contributed by atoms with Gasteiger partial charge in [0.15, 0.2) is 5.78 Å². The van der Waals surface area contributed by atoms with E-state index in [1.807, 2.05) is 13.8 Å². The number of ether oxygens (including phenoxy) is 1. The van der Waals surface area contributed by atoms with E-state index in [2.05, 4.69) is 10.6 Å². The van der Waals surface area contributed by atoms with Crippen LogP contribution in [0, 0.1) is 23.2 Å². The molecule has 11 heteroatoms. The van der Waals surface area contributed by atoms with Gasteiger partial charge in [0.05, 0.1) is 6.04 Å². The first-order valence-electron chi connectivity index (χ1n) is 14.2. The Morgan fingerprint density at radius 1 is 1.07 bits per heavy atom. The maximum Gasteiger partial charge on any atom is 0.408 e. The van der Waals surface area contributed by atoms with Crippen molar-refractivity contribution in [2.24, 2.45) is 28.9 Å². The summed E-state index contributed by atoms with van der Waals surface area (Å²) in [5, 5.41) is 5.34. The van der Waals surface area contributed by atoms with Crippen LogP contribution in [0.1, 0.15) is 80.1 Å². The summed E-state index contributed by atoms with van der Waals surface area (Å²) in [6.45, 7) is 11.1. The lowest BCUT2D eigenvalue weighted by atomic mass is 9.80. The third kappa shape index (κ3) is 7.28. The van der Waals surface area contributed by atoms with Crippen molar-refractivity contribution in [3.63, 3.8) is 0 Å². The smallest absolute Gasteiger partial charge is 0.408 e. The van der Waals surface area contributed by atoms with Gasteiger partial charge in [-0.05, 0) is 69.8 Å². The molecule has 0 bridgehead atoms. The molecule has 0 radical (unpaired) electrons. The number of alkyl carbamates (subject to hydrolysis) is 1. The first kappa shape index (κ1) is 31.3. The van der Waals surface area contributed by atoms with Crippen molar-refractivity contribution in [2.75, 3.05) is 6.54 Å². The van der Waals surface area contributed by atoms with Crippen LogP contribution < -0.4 is 16.4 Å². The number of nitrogens with two attached hydrogens (primary N) is 1. The molecule has 3 unspecified atom stereocenters. The number of hydrogen-bond donors (Lipinski definition) is 3. The number of allylic oxidation sites excluding steroid dienone is 2. The molecule has 2 saturated carbocycles. The SMILES string of the molecule is C/C=C\C(=O)CC[C@H](NC(=O)OC(C)(C)C)C(=O)N1CC2C([C@H]1C(=O)NC(CC1CCC1)C(=O)C(N)=O)C2(C)C. The Labute approximate surface area is 236 Å². The van der Waals surface area contributed by atoms with Crippen molar-refractivity contribution in [3.05, 3.63) is 12.2 Å². The number of carbonyl (C=O) groups excluding carboxylic acids is 6. The van der Waals surface area contributed by atoms with Gasteiger partial charge in [0.1, 0.15) is 17.7 Å². The van der Waals surface area contributed by atoms with Crippen LogP contribution in [0.25, 0.3) is 0 Å². The number of hydrogen-bond acceptors (Lipinski definition) is 7. The van der Waals surface area contributed by atoms with Crippen molar-refractivity contribution < 1.29 is 33.5 Å². The van der Waals surface area contributed by atoms with E-state index in [1.165, 1.54) is 11.0 Å². The van der Waals surface area contributed by atoms with Crippen LogP contribution >= 0.6 is 0 Å². The molecule has 1 saturated heterocycles. The Balaban J connectivity index is 1.82. The zero-order valence-corrected chi connectivity index (χ0v) is 24.5. The van der Waals surface area contributed by atoms with Gasteiger partial charge in [0.2, 0.25) is 17.6 Å². The highest BCUT2D eigenvalue weighted by atomic mass is 16.6. The first-order valence-corrected chi connectivity index (χ1v) is 14.2. The maximum atomic E-state index is 13.9. The molecule has 11 nitrogen and oxygen atoms in total. The van der Waals surface area contributed by atoms with Crippen LogP contribution in [-0.2, 0) is 28.7 Å². The van der Waals surface area contributed by atoms with Crippen LogP contribution in [0.5, 0.6) is 0 Å². The van der Waals surface area contributed by atoms with Gasteiger partial charge in [-0.2, -0.15) is 0 Å². The fraction of sp³-hybridized carbons (Fsp3) is 0.724. The predicted molar refractivity (Wildman–Crippen MR) is 147 cm³/mol. The first-order chi connectivity index (χ1) is 18.6. The Morgan fingerprint density at radius 3 is 2.25 bits per heavy atom. The van der Waals surface area contributed by atoms with E-state index in [0.29, 0.717) is 13.0 Å². The summed E-state index contributed by atoms with van der Waals surface area (Å²) < 4.78 is 5.35. The normalized spacial score (nSPS) is 24.9. The molecule has 0 aromatic rings. The molecular formula is C29H44N4O7. The summed E-state index contributed by atoms with van der Waals surface area (Å²) in [4.78, 5) is 78.1. The fourth-order valence-electron chi connectivity index (χ4n) is 6.00. The van der Waals surface area contributed by atoms with E-state index >= 15 is 0 Å². The standard InChI is InChI=1S/C29H44N4O7/c1-7-9-17(34)12-13-19(32-27(39)40-28(2,3)4)26(38)33-15-18-21(29(18,5)6)22(33)25(37)31-20(23(35)24(30)36)14-16-10-8-11-16/h7,9,16,18-22H,8,10-15H2,1-6H3,(H2,30,36)(H,31,37)(H,32,39)/b9-7-/t18?,19-,20?,21?,22-/m0/s1. The molecule has 0 spiro atoms. The zero-order valence-electron chi connectivity index (χ0n) is 24.5. The molecule has 4 amide bonds. The Morgan fingerprint density at radius 2 is 1.73 bits per heavy atom. The van der Waals surface area contributed by atoms with Crippen molar-refractivity contribution in [1.29, 1.82) is 0 Å². The van der Waals surface area contributed by atoms with Crippen LogP contribution in [-0.4, -0.2) is 70.6 Å². The second kappa shape index (κ2) is 12.1. The second-order valence-corrected chi connectivity index (χ2v) is 12.9. The molecule has 0 aromatic heterocycles. The molecule has 3 aliphatic rings. The molecule has 3 fully saturated rings. The van der Waals surface area contributed by atoms with Crippen LogP contribution in [0.4, 0.5) is 4.79 Å². The summed E-state index contributed by atoms with van der Waals surface area (Å²) in [6.07, 6.45) is 5.40. The fourth-order valence-corrected chi connectivity index (χ4v) is 6.00. The molecule has 2 aliphatic carbocycles. The Hall–Kier alpha value is -3.24. The molecular weight excluding hydrogens is 516 g/mol. The van der Waals surface area contributed by atoms with E-state index in [4.69, 9.17) is 10.5 Å². The van der Waals surface area contributed by atoms with E-state index in [0.717, 1.165) is 19.3 Å². The quantitative estimate of drug-likeness (QED) is 0.243. The highest BCUT2D eigenvalue weighted by molar-refractivity contribution is 6.37. The summed E-state index contributed by atoms with van der Waals surface area (Å²) >= 11 is 0. The number of ketones is 2. The number of amides is 4. The van der Waals surface area contributed by atoms with Crippen LogP contribution in [0.2, 0.25) is 0 Å². The van der Waals surface area contributed by atoms with Gasteiger partial charge in [-0.15, -0.1) is 0 Å². The monoisotopic (exact) mass is 560 g/mol. The molecule has 5 atom stereocenters. The minimum atomic E-state index is -1.11. The topological polar surface area (TPSA) is 165 Å². The molecule has 222 valence electrons. The minimum absolute atomic E-state index is 0.0101. The second-order valence-electron chi connectivity index (χ2n) is 12.9. The molecule has 0 aromatic carbocycles. The third-order valence-corrected chi connectivity index (χ3v) is 8.45. The van der Waals surface area contributed by atoms with E-state index < -0.39 is 53.3 Å². The van der Waals surface area contributed by atoms with Gasteiger partial charge < -0.3 is 26.0 Å². The lowest BCUT2D eigenvalue weighted by molar-refractivity contribution is -0.144.